The van der Waals surface area contributed by atoms with Gasteiger partial charge >= 0.3 is 0 Å². The van der Waals surface area contributed by atoms with Gasteiger partial charge in [-0.1, -0.05) is 0 Å². The highest BCUT2D eigenvalue weighted by Crippen LogP contribution is 2.53. The van der Waals surface area contributed by atoms with E-state index in [-0.39, 0.29) is 5.91 Å². The first-order chi connectivity index (χ1) is 11.6. The van der Waals surface area contributed by atoms with E-state index in [1.165, 1.54) is 44.9 Å². The highest BCUT2D eigenvalue weighted by Gasteiger charge is 2.49. The Balaban J connectivity index is 1.17. The lowest BCUT2D eigenvalue weighted by molar-refractivity contribution is -0.128. The van der Waals surface area contributed by atoms with Crippen molar-refractivity contribution >= 4 is 5.91 Å². The molecule has 5 saturated carbocycles. The molecule has 1 unspecified atom stereocenters. The van der Waals surface area contributed by atoms with Crippen molar-refractivity contribution in [1.82, 2.24) is 10.2 Å². The smallest absolute Gasteiger partial charge is 0.234 e. The predicted molar refractivity (Wildman–Crippen MR) is 92.3 cm³/mol. The molecule has 6 rings (SSSR count). The number of rotatable bonds is 4. The SMILES string of the molecule is O=C(CN1CCCC(O)(C2CC2)C1)NC1C2CC3CC(C2)CC1C3. The minimum absolute atomic E-state index is 0.201. The molecular weight excluding hydrogens is 300 g/mol. The predicted octanol–water partition coefficient (Wildman–Crippen LogP) is 2.16. The van der Waals surface area contributed by atoms with Crippen molar-refractivity contribution in [2.45, 2.75) is 69.4 Å². The Morgan fingerprint density at radius 1 is 1.08 bits per heavy atom. The van der Waals surface area contributed by atoms with Crippen molar-refractivity contribution in [3.63, 3.8) is 0 Å². The molecule has 0 aromatic heterocycles. The number of piperidine rings is 1. The number of nitrogens with zero attached hydrogens (tertiary/aromatic N) is 1. The van der Waals surface area contributed by atoms with Gasteiger partial charge in [0.1, 0.15) is 0 Å². The zero-order valence-corrected chi connectivity index (χ0v) is 14.8. The summed E-state index contributed by atoms with van der Waals surface area (Å²) in [7, 11) is 0. The minimum Gasteiger partial charge on any atom is -0.388 e. The second-order valence-corrected chi connectivity index (χ2v) is 9.72. The summed E-state index contributed by atoms with van der Waals surface area (Å²) in [4.78, 5) is 14.9. The van der Waals surface area contributed by atoms with Gasteiger partial charge in [-0.25, -0.2) is 0 Å². The van der Waals surface area contributed by atoms with E-state index in [9.17, 15) is 9.90 Å². The zero-order chi connectivity index (χ0) is 16.3. The molecule has 1 amide bonds. The third-order valence-corrected chi connectivity index (χ3v) is 7.84. The Labute approximate surface area is 145 Å². The normalized spacial score (nSPS) is 47.8. The quantitative estimate of drug-likeness (QED) is 0.829. The van der Waals surface area contributed by atoms with E-state index in [2.05, 4.69) is 10.2 Å². The van der Waals surface area contributed by atoms with Gasteiger partial charge in [0.05, 0.1) is 12.1 Å². The first-order valence-corrected chi connectivity index (χ1v) is 10.3. The zero-order valence-electron chi connectivity index (χ0n) is 14.8. The second kappa shape index (κ2) is 5.70. The lowest BCUT2D eigenvalue weighted by Gasteiger charge is -2.54. The monoisotopic (exact) mass is 332 g/mol. The number of carbonyl (C=O) groups is 1. The molecule has 0 aromatic rings. The Hall–Kier alpha value is -0.610. The number of hydrogen-bond donors (Lipinski definition) is 2. The number of amides is 1. The lowest BCUT2D eigenvalue weighted by atomic mass is 9.54. The molecule has 4 heteroatoms. The first-order valence-electron chi connectivity index (χ1n) is 10.3. The molecular formula is C20H32N2O2. The largest absolute Gasteiger partial charge is 0.388 e. The molecule has 6 aliphatic rings. The number of carbonyl (C=O) groups excluding carboxylic acids is 1. The lowest BCUT2D eigenvalue weighted by Crippen LogP contribution is -2.58. The van der Waals surface area contributed by atoms with Gasteiger partial charge in [0, 0.05) is 12.6 Å². The molecule has 5 aliphatic carbocycles. The average Bonchev–Trinajstić information content (AvgIpc) is 3.35. The van der Waals surface area contributed by atoms with E-state index in [4.69, 9.17) is 0 Å². The summed E-state index contributed by atoms with van der Waals surface area (Å²) >= 11 is 0. The number of aliphatic hydroxyl groups is 1. The van der Waals surface area contributed by atoms with Crippen LogP contribution < -0.4 is 5.32 Å². The van der Waals surface area contributed by atoms with E-state index in [1.807, 2.05) is 0 Å². The molecule has 0 radical (unpaired) electrons. The summed E-state index contributed by atoms with van der Waals surface area (Å²) < 4.78 is 0. The Kier molecular flexibility index (Phi) is 3.71. The fraction of sp³-hybridized carbons (Fsp3) is 0.950. The Morgan fingerprint density at radius 2 is 1.75 bits per heavy atom. The van der Waals surface area contributed by atoms with Crippen molar-refractivity contribution in [1.29, 1.82) is 0 Å². The van der Waals surface area contributed by atoms with Gasteiger partial charge in [-0.05, 0) is 93.9 Å². The molecule has 24 heavy (non-hydrogen) atoms. The van der Waals surface area contributed by atoms with Crippen molar-refractivity contribution < 1.29 is 9.90 Å². The molecule has 2 N–H and O–H groups in total. The van der Waals surface area contributed by atoms with Gasteiger partial charge in [-0.15, -0.1) is 0 Å². The van der Waals surface area contributed by atoms with Gasteiger partial charge in [0.15, 0.2) is 0 Å². The third kappa shape index (κ3) is 2.80. The summed E-state index contributed by atoms with van der Waals surface area (Å²) in [5.74, 6) is 4.10. The second-order valence-electron chi connectivity index (χ2n) is 9.72. The number of hydrogen-bond acceptors (Lipinski definition) is 3. The summed E-state index contributed by atoms with van der Waals surface area (Å²) in [6, 6.07) is 0.442. The van der Waals surface area contributed by atoms with Crippen LogP contribution in [0.5, 0.6) is 0 Å². The van der Waals surface area contributed by atoms with Gasteiger partial charge in [-0.3, -0.25) is 9.69 Å². The van der Waals surface area contributed by atoms with Crippen LogP contribution in [0.3, 0.4) is 0 Å². The fourth-order valence-corrected chi connectivity index (χ4v) is 6.84. The standard InChI is InChI=1S/C20H32N2O2/c23-18(11-22-5-1-4-20(24,12-22)17-2-3-17)21-19-15-7-13-6-14(9-15)10-16(19)8-13/h13-17,19,24H,1-12H2,(H,21,23). The summed E-state index contributed by atoms with van der Waals surface area (Å²) in [6.07, 6.45) is 11.2. The van der Waals surface area contributed by atoms with Crippen LogP contribution in [-0.2, 0) is 4.79 Å². The van der Waals surface area contributed by atoms with Gasteiger partial charge in [0.2, 0.25) is 5.91 Å². The molecule has 1 aliphatic heterocycles. The Bertz CT molecular complexity index is 490. The molecule has 0 aromatic carbocycles. The molecule has 1 saturated heterocycles. The van der Waals surface area contributed by atoms with Gasteiger partial charge in [-0.2, -0.15) is 0 Å². The van der Waals surface area contributed by atoms with Crippen LogP contribution in [0.25, 0.3) is 0 Å². The molecule has 1 atom stereocenters. The highest BCUT2D eigenvalue weighted by atomic mass is 16.3. The highest BCUT2D eigenvalue weighted by molar-refractivity contribution is 5.78. The van der Waals surface area contributed by atoms with E-state index in [0.717, 1.165) is 43.1 Å². The fourth-order valence-electron chi connectivity index (χ4n) is 6.84. The Morgan fingerprint density at radius 3 is 2.38 bits per heavy atom. The first kappa shape index (κ1) is 15.6. The van der Waals surface area contributed by atoms with Crippen LogP contribution >= 0.6 is 0 Å². The third-order valence-electron chi connectivity index (χ3n) is 7.84. The van der Waals surface area contributed by atoms with Crippen LogP contribution in [0.4, 0.5) is 0 Å². The molecule has 4 nitrogen and oxygen atoms in total. The number of nitrogens with one attached hydrogen (secondary N) is 1. The van der Waals surface area contributed by atoms with Crippen molar-refractivity contribution in [2.75, 3.05) is 19.6 Å². The van der Waals surface area contributed by atoms with Crippen LogP contribution in [0.1, 0.15) is 57.8 Å². The maximum atomic E-state index is 12.7. The van der Waals surface area contributed by atoms with Crippen LogP contribution in [0, 0.1) is 29.6 Å². The van der Waals surface area contributed by atoms with Crippen molar-refractivity contribution in [3.05, 3.63) is 0 Å². The van der Waals surface area contributed by atoms with Crippen LogP contribution in [-0.4, -0.2) is 47.2 Å². The molecule has 6 fully saturated rings. The average molecular weight is 332 g/mol. The van der Waals surface area contributed by atoms with E-state index < -0.39 is 5.60 Å². The maximum absolute atomic E-state index is 12.7. The van der Waals surface area contributed by atoms with E-state index in [1.54, 1.807) is 0 Å². The van der Waals surface area contributed by atoms with E-state index >= 15 is 0 Å². The summed E-state index contributed by atoms with van der Waals surface area (Å²) in [5, 5.41) is 14.2. The van der Waals surface area contributed by atoms with Crippen LogP contribution in [0.2, 0.25) is 0 Å². The summed E-state index contributed by atoms with van der Waals surface area (Å²) in [6.45, 7) is 2.15. The maximum Gasteiger partial charge on any atom is 0.234 e. The van der Waals surface area contributed by atoms with Gasteiger partial charge in [0.25, 0.3) is 0 Å². The molecule has 1 heterocycles. The molecule has 0 spiro atoms. The summed E-state index contributed by atoms with van der Waals surface area (Å²) in [5.41, 5.74) is -0.513. The molecule has 134 valence electrons. The van der Waals surface area contributed by atoms with E-state index in [0.29, 0.717) is 25.0 Å². The van der Waals surface area contributed by atoms with Crippen molar-refractivity contribution in [3.8, 4) is 0 Å². The minimum atomic E-state index is -0.513. The van der Waals surface area contributed by atoms with Gasteiger partial charge < -0.3 is 10.4 Å². The topological polar surface area (TPSA) is 52.6 Å². The molecule has 4 bridgehead atoms. The van der Waals surface area contributed by atoms with Crippen LogP contribution in [0.15, 0.2) is 0 Å². The number of likely N-dealkylation sites (tertiary alicyclic amines) is 1. The number of β-amino-alcohol motifs (C(OH)–C–C–N with tert-alkyl or cyclic N) is 1. The van der Waals surface area contributed by atoms with Crippen molar-refractivity contribution in [2.24, 2.45) is 29.6 Å².